The van der Waals surface area contributed by atoms with Gasteiger partial charge in [0.15, 0.2) is 0 Å². The Morgan fingerprint density at radius 3 is 2.48 bits per heavy atom. The number of nitrogens with zero attached hydrogens (tertiary/aromatic N) is 1. The van der Waals surface area contributed by atoms with Crippen LogP contribution in [0.2, 0.25) is 0 Å². The van der Waals surface area contributed by atoms with E-state index >= 15 is 0 Å². The first kappa shape index (κ1) is 21.7. The molecular weight excluding hydrogens is 415 g/mol. The van der Waals surface area contributed by atoms with Crippen LogP contribution < -0.4 is 14.4 Å². The fourth-order valence-electron chi connectivity index (χ4n) is 3.49. The van der Waals surface area contributed by atoms with Crippen LogP contribution in [0.5, 0.6) is 5.75 Å². The van der Waals surface area contributed by atoms with Crippen LogP contribution in [0.15, 0.2) is 60.7 Å². The lowest BCUT2D eigenvalue weighted by molar-refractivity contribution is 0.236. The van der Waals surface area contributed by atoms with Gasteiger partial charge in [-0.15, -0.1) is 12.4 Å². The van der Waals surface area contributed by atoms with Gasteiger partial charge in [-0.05, 0) is 61.1 Å². The topological polar surface area (TPSA) is 65.0 Å². The van der Waals surface area contributed by atoms with Crippen LogP contribution in [0.3, 0.4) is 0 Å². The summed E-state index contributed by atoms with van der Waals surface area (Å²) in [5.41, 5.74) is 0.102. The summed E-state index contributed by atoms with van der Waals surface area (Å²) in [5.74, 6) is 0.122. The molecule has 0 amide bonds. The lowest BCUT2D eigenvalue weighted by atomic mass is 10.1. The van der Waals surface area contributed by atoms with E-state index in [9.17, 15) is 13.5 Å². The molecule has 0 saturated heterocycles. The van der Waals surface area contributed by atoms with Gasteiger partial charge in [-0.3, -0.25) is 9.11 Å². The minimum atomic E-state index is -3.38. The van der Waals surface area contributed by atoms with E-state index in [0.717, 1.165) is 23.7 Å². The smallest absolute Gasteiger partial charge is 0.206 e. The zero-order valence-corrected chi connectivity index (χ0v) is 17.5. The summed E-state index contributed by atoms with van der Waals surface area (Å²) in [4.78, 5) is 0. The highest BCUT2D eigenvalue weighted by Gasteiger charge is 2.41. The highest BCUT2D eigenvalue weighted by Crippen LogP contribution is 2.62. The van der Waals surface area contributed by atoms with Crippen LogP contribution in [-0.4, -0.2) is 28.1 Å². The number of anilines is 2. The number of halogens is 2. The van der Waals surface area contributed by atoms with Crippen LogP contribution >= 0.6 is 23.2 Å². The van der Waals surface area contributed by atoms with Gasteiger partial charge in [0.2, 0.25) is 5.44 Å². The highest BCUT2D eigenvalue weighted by atomic mass is 35.5. The molecule has 1 atom stereocenters. The van der Waals surface area contributed by atoms with E-state index in [1.54, 1.807) is 12.1 Å². The summed E-state index contributed by atoms with van der Waals surface area (Å²) >= 11 is 0. The Kier molecular flexibility index (Phi) is 6.55. The number of hydrogen-bond donors (Lipinski definition) is 3. The second-order valence-electron chi connectivity index (χ2n) is 6.80. The second-order valence-corrected chi connectivity index (χ2v) is 8.81. The normalized spacial score (nSPS) is 18.5. The largest absolute Gasteiger partial charge is 0.467 e. The van der Waals surface area contributed by atoms with Crippen LogP contribution in [0, 0.1) is 5.82 Å². The molecule has 4 rings (SSSR count). The first-order valence-corrected chi connectivity index (χ1v) is 10.7. The Hall–Kier alpha value is -2.03. The molecule has 1 unspecified atom stereocenters. The third-order valence-electron chi connectivity index (χ3n) is 4.84. The second kappa shape index (κ2) is 8.77. The van der Waals surface area contributed by atoms with E-state index < -0.39 is 22.0 Å². The molecule has 3 N–H and O–H groups in total. The predicted octanol–water partition coefficient (Wildman–Crippen LogP) is 5.92. The molecule has 3 aromatic carbocycles. The van der Waals surface area contributed by atoms with E-state index in [2.05, 4.69) is 5.32 Å². The fourth-order valence-corrected chi connectivity index (χ4v) is 5.30. The van der Waals surface area contributed by atoms with Crippen molar-refractivity contribution in [2.45, 2.75) is 18.3 Å². The van der Waals surface area contributed by atoms with E-state index in [1.807, 2.05) is 43.4 Å². The van der Waals surface area contributed by atoms with Crippen molar-refractivity contribution in [3.63, 3.8) is 0 Å². The summed E-state index contributed by atoms with van der Waals surface area (Å²) < 4.78 is 43.7. The summed E-state index contributed by atoms with van der Waals surface area (Å²) in [7, 11) is -1.53. The SMILES string of the molecule is CNCCCC1Oc2cc3ccccc3cc2N(c2cccc(F)c2)S1(O)O.Cl. The summed E-state index contributed by atoms with van der Waals surface area (Å²) in [6.07, 6.45) is 1.18. The van der Waals surface area contributed by atoms with Gasteiger partial charge in [-0.1, -0.05) is 41.1 Å². The molecule has 1 aliphatic heterocycles. The molecule has 156 valence electrons. The third kappa shape index (κ3) is 4.15. The Labute approximate surface area is 177 Å². The number of benzene rings is 3. The average molecular weight is 439 g/mol. The minimum Gasteiger partial charge on any atom is -0.467 e. The van der Waals surface area contributed by atoms with Gasteiger partial charge >= 0.3 is 0 Å². The molecule has 0 aliphatic carbocycles. The number of fused-ring (bicyclic) bond motifs is 2. The summed E-state index contributed by atoms with van der Waals surface area (Å²) in [6, 6.07) is 17.4. The standard InChI is InChI=1S/C21H23FN2O3S.ClH/c1-23-11-5-10-21-27-20-13-16-7-3-2-6-15(16)12-19(20)24(28(21,25)26)18-9-4-8-17(22)14-18;/h2-4,6-9,12-14,21,23,25-26H,5,10-11H2,1H3;1H. The van der Waals surface area contributed by atoms with Crippen molar-refractivity contribution in [2.75, 3.05) is 17.9 Å². The van der Waals surface area contributed by atoms with Gasteiger partial charge in [0.25, 0.3) is 0 Å². The molecule has 0 fully saturated rings. The molecule has 0 bridgehead atoms. The van der Waals surface area contributed by atoms with Crippen LogP contribution in [0.25, 0.3) is 10.8 Å². The molecule has 0 saturated carbocycles. The van der Waals surface area contributed by atoms with Crippen molar-refractivity contribution in [2.24, 2.45) is 0 Å². The quantitative estimate of drug-likeness (QED) is 0.431. The van der Waals surface area contributed by atoms with Gasteiger partial charge in [0.05, 0.1) is 5.69 Å². The van der Waals surface area contributed by atoms with E-state index in [4.69, 9.17) is 4.74 Å². The fraction of sp³-hybridized carbons (Fsp3) is 0.238. The molecule has 1 heterocycles. The Morgan fingerprint density at radius 1 is 1.07 bits per heavy atom. The predicted molar refractivity (Wildman–Crippen MR) is 120 cm³/mol. The van der Waals surface area contributed by atoms with Gasteiger partial charge in [0, 0.05) is 6.42 Å². The highest BCUT2D eigenvalue weighted by molar-refractivity contribution is 8.26. The van der Waals surface area contributed by atoms with Crippen molar-refractivity contribution in [1.82, 2.24) is 5.32 Å². The van der Waals surface area contributed by atoms with E-state index in [0.29, 0.717) is 23.5 Å². The van der Waals surface area contributed by atoms with Crippen molar-refractivity contribution >= 4 is 45.3 Å². The Balaban J connectivity index is 0.00000240. The number of ether oxygens (including phenoxy) is 1. The van der Waals surface area contributed by atoms with Crippen LogP contribution in [-0.2, 0) is 0 Å². The lowest BCUT2D eigenvalue weighted by Gasteiger charge is -2.52. The molecule has 3 aromatic rings. The van der Waals surface area contributed by atoms with Crippen molar-refractivity contribution in [1.29, 1.82) is 0 Å². The maximum Gasteiger partial charge on any atom is 0.206 e. The molecule has 0 aromatic heterocycles. The number of nitrogens with one attached hydrogen (secondary N) is 1. The molecule has 0 radical (unpaired) electrons. The molecule has 1 aliphatic rings. The molecule has 5 nitrogen and oxygen atoms in total. The lowest BCUT2D eigenvalue weighted by Crippen LogP contribution is -2.39. The van der Waals surface area contributed by atoms with Gasteiger partial charge in [0.1, 0.15) is 17.3 Å². The summed E-state index contributed by atoms with van der Waals surface area (Å²) in [6.45, 7) is 0.736. The Morgan fingerprint density at radius 2 is 1.79 bits per heavy atom. The molecule has 8 heteroatoms. The monoisotopic (exact) mass is 438 g/mol. The van der Waals surface area contributed by atoms with Crippen LogP contribution in [0.1, 0.15) is 12.8 Å². The Bertz CT molecular complexity index is 1000. The number of hydrogen-bond acceptors (Lipinski definition) is 5. The van der Waals surface area contributed by atoms with Gasteiger partial charge in [-0.2, -0.15) is 0 Å². The average Bonchev–Trinajstić information content (AvgIpc) is 2.67. The van der Waals surface area contributed by atoms with Gasteiger partial charge in [-0.25, -0.2) is 8.70 Å². The van der Waals surface area contributed by atoms with E-state index in [-0.39, 0.29) is 12.4 Å². The molecule has 29 heavy (non-hydrogen) atoms. The first-order chi connectivity index (χ1) is 13.5. The molecule has 0 spiro atoms. The van der Waals surface area contributed by atoms with Gasteiger partial charge < -0.3 is 10.1 Å². The first-order valence-electron chi connectivity index (χ1n) is 9.17. The van der Waals surface area contributed by atoms with E-state index in [1.165, 1.54) is 16.4 Å². The maximum atomic E-state index is 13.9. The maximum absolute atomic E-state index is 13.9. The number of rotatable bonds is 5. The van der Waals surface area contributed by atoms with Crippen molar-refractivity contribution in [3.8, 4) is 5.75 Å². The third-order valence-corrected chi connectivity index (χ3v) is 6.82. The summed E-state index contributed by atoms with van der Waals surface area (Å²) in [5, 5.41) is 4.99. The van der Waals surface area contributed by atoms with Crippen LogP contribution in [0.4, 0.5) is 15.8 Å². The zero-order valence-electron chi connectivity index (χ0n) is 15.9. The zero-order chi connectivity index (χ0) is 19.7. The minimum absolute atomic E-state index is 0. The van der Waals surface area contributed by atoms with Crippen molar-refractivity contribution < 1.29 is 18.2 Å². The van der Waals surface area contributed by atoms with Crippen molar-refractivity contribution in [3.05, 3.63) is 66.5 Å². The molecular formula is C21H24ClFN2O3S.